The Kier molecular flexibility index (Phi) is 5.53. The van der Waals surface area contributed by atoms with Gasteiger partial charge in [0, 0.05) is 30.9 Å². The lowest BCUT2D eigenvalue weighted by Gasteiger charge is -2.21. The number of nitrogens with two attached hydrogens (primary N) is 1. The van der Waals surface area contributed by atoms with Crippen LogP contribution in [0.5, 0.6) is 0 Å². The first-order valence-corrected chi connectivity index (χ1v) is 9.97. The van der Waals surface area contributed by atoms with Gasteiger partial charge in [-0.05, 0) is 43.4 Å². The predicted molar refractivity (Wildman–Crippen MR) is 111 cm³/mol. The molecule has 1 aromatic heterocycles. The molecule has 0 unspecified atom stereocenters. The SMILES string of the molecule is NCCN(CCc1ccccc1)C(=O)c1nn(-c2ccccc2)c2c1CCC2. The van der Waals surface area contributed by atoms with Crippen molar-refractivity contribution >= 4 is 5.91 Å². The zero-order valence-corrected chi connectivity index (χ0v) is 16.1. The van der Waals surface area contributed by atoms with Gasteiger partial charge in [0.1, 0.15) is 0 Å². The average molecular weight is 374 g/mol. The molecule has 1 aliphatic rings. The first-order chi connectivity index (χ1) is 13.8. The molecule has 4 rings (SSSR count). The van der Waals surface area contributed by atoms with Crippen LogP contribution in [0.15, 0.2) is 60.7 Å². The fourth-order valence-corrected chi connectivity index (χ4v) is 3.92. The van der Waals surface area contributed by atoms with Crippen LogP contribution in [0.2, 0.25) is 0 Å². The van der Waals surface area contributed by atoms with Gasteiger partial charge in [-0.25, -0.2) is 4.68 Å². The van der Waals surface area contributed by atoms with Gasteiger partial charge in [0.05, 0.1) is 5.69 Å². The highest BCUT2D eigenvalue weighted by Crippen LogP contribution is 2.28. The first-order valence-electron chi connectivity index (χ1n) is 9.97. The fourth-order valence-electron chi connectivity index (χ4n) is 3.92. The lowest BCUT2D eigenvalue weighted by molar-refractivity contribution is 0.0754. The first kappa shape index (κ1) is 18.4. The van der Waals surface area contributed by atoms with Gasteiger partial charge in [-0.15, -0.1) is 0 Å². The van der Waals surface area contributed by atoms with E-state index in [4.69, 9.17) is 10.8 Å². The van der Waals surface area contributed by atoms with Crippen LogP contribution >= 0.6 is 0 Å². The van der Waals surface area contributed by atoms with Crippen LogP contribution in [0.4, 0.5) is 0 Å². The van der Waals surface area contributed by atoms with Crippen LogP contribution < -0.4 is 5.73 Å². The normalized spacial score (nSPS) is 12.8. The van der Waals surface area contributed by atoms with Gasteiger partial charge < -0.3 is 10.6 Å². The molecule has 0 bridgehead atoms. The highest BCUT2D eigenvalue weighted by atomic mass is 16.2. The number of carbonyl (C=O) groups excluding carboxylic acids is 1. The molecule has 5 nitrogen and oxygen atoms in total. The summed E-state index contributed by atoms with van der Waals surface area (Å²) in [6.07, 6.45) is 3.76. The van der Waals surface area contributed by atoms with Crippen LogP contribution in [-0.2, 0) is 19.3 Å². The van der Waals surface area contributed by atoms with E-state index in [-0.39, 0.29) is 5.91 Å². The minimum atomic E-state index is -0.00536. The van der Waals surface area contributed by atoms with E-state index in [0.717, 1.165) is 36.9 Å². The molecule has 3 aromatic rings. The predicted octanol–water partition coefficient (Wildman–Crippen LogP) is 3.00. The topological polar surface area (TPSA) is 64.2 Å². The van der Waals surface area contributed by atoms with Gasteiger partial charge >= 0.3 is 0 Å². The quantitative estimate of drug-likeness (QED) is 0.691. The average Bonchev–Trinajstić information content (AvgIpc) is 3.35. The smallest absolute Gasteiger partial charge is 0.274 e. The molecule has 1 heterocycles. The molecule has 144 valence electrons. The minimum absolute atomic E-state index is 0.00536. The maximum absolute atomic E-state index is 13.4. The van der Waals surface area contributed by atoms with Crippen LogP contribution in [0.25, 0.3) is 5.69 Å². The molecule has 0 aliphatic heterocycles. The standard InChI is InChI=1S/C23H26N4O/c24-15-17-26(16-14-18-8-3-1-4-9-18)23(28)22-20-12-7-13-21(20)27(25-22)19-10-5-2-6-11-19/h1-6,8-11H,7,12-17,24H2. The Morgan fingerprint density at radius 2 is 1.71 bits per heavy atom. The highest BCUT2D eigenvalue weighted by Gasteiger charge is 2.29. The van der Waals surface area contributed by atoms with Crippen molar-refractivity contribution in [3.8, 4) is 5.69 Å². The summed E-state index contributed by atoms with van der Waals surface area (Å²) in [5, 5.41) is 4.74. The van der Waals surface area contributed by atoms with E-state index in [1.54, 1.807) is 0 Å². The maximum atomic E-state index is 13.4. The number of carbonyl (C=O) groups is 1. The Hall–Kier alpha value is -2.92. The lowest BCUT2D eigenvalue weighted by atomic mass is 10.1. The summed E-state index contributed by atoms with van der Waals surface area (Å²) in [6.45, 7) is 1.63. The molecular weight excluding hydrogens is 348 g/mol. The van der Waals surface area contributed by atoms with E-state index < -0.39 is 0 Å². The van der Waals surface area contributed by atoms with Gasteiger partial charge in [-0.1, -0.05) is 48.5 Å². The molecule has 0 atom stereocenters. The number of rotatable bonds is 7. The van der Waals surface area contributed by atoms with Crippen LogP contribution in [0, 0.1) is 0 Å². The summed E-state index contributed by atoms with van der Waals surface area (Å²) in [5.41, 5.74) is 10.9. The number of hydrogen-bond donors (Lipinski definition) is 1. The van der Waals surface area contributed by atoms with Gasteiger partial charge in [-0.2, -0.15) is 5.10 Å². The number of benzene rings is 2. The number of amides is 1. The van der Waals surface area contributed by atoms with Crippen LogP contribution in [0.1, 0.15) is 33.7 Å². The molecule has 0 saturated carbocycles. The van der Waals surface area contributed by atoms with Gasteiger partial charge in [0.25, 0.3) is 5.91 Å². The maximum Gasteiger partial charge on any atom is 0.274 e. The molecule has 2 aromatic carbocycles. The van der Waals surface area contributed by atoms with Gasteiger partial charge in [0.2, 0.25) is 0 Å². The third-order valence-electron chi connectivity index (χ3n) is 5.33. The molecule has 1 aliphatic carbocycles. The molecule has 1 amide bonds. The molecular formula is C23H26N4O. The van der Waals surface area contributed by atoms with Crippen molar-refractivity contribution in [3.63, 3.8) is 0 Å². The number of hydrogen-bond acceptors (Lipinski definition) is 3. The molecule has 0 radical (unpaired) electrons. The van der Waals surface area contributed by atoms with Crippen molar-refractivity contribution in [2.45, 2.75) is 25.7 Å². The summed E-state index contributed by atoms with van der Waals surface area (Å²) < 4.78 is 1.95. The Bertz CT molecular complexity index is 934. The van der Waals surface area contributed by atoms with Gasteiger partial charge in [-0.3, -0.25) is 4.79 Å². The summed E-state index contributed by atoms with van der Waals surface area (Å²) in [4.78, 5) is 15.2. The van der Waals surface area contributed by atoms with Crippen molar-refractivity contribution in [3.05, 3.63) is 83.2 Å². The zero-order chi connectivity index (χ0) is 19.3. The Labute approximate surface area is 165 Å². The Morgan fingerprint density at radius 3 is 2.43 bits per heavy atom. The van der Waals surface area contributed by atoms with Crippen molar-refractivity contribution in [1.29, 1.82) is 0 Å². The second kappa shape index (κ2) is 8.40. The van der Waals surface area contributed by atoms with Crippen molar-refractivity contribution in [2.75, 3.05) is 19.6 Å². The number of fused-ring (bicyclic) bond motifs is 1. The second-order valence-corrected chi connectivity index (χ2v) is 7.19. The summed E-state index contributed by atoms with van der Waals surface area (Å²) in [6, 6.07) is 20.3. The Morgan fingerprint density at radius 1 is 1.00 bits per heavy atom. The van der Waals surface area contributed by atoms with E-state index in [9.17, 15) is 4.79 Å². The van der Waals surface area contributed by atoms with Crippen molar-refractivity contribution in [1.82, 2.24) is 14.7 Å². The molecule has 0 saturated heterocycles. The molecule has 0 spiro atoms. The van der Waals surface area contributed by atoms with E-state index in [1.807, 2.05) is 58.1 Å². The van der Waals surface area contributed by atoms with Gasteiger partial charge in [0.15, 0.2) is 5.69 Å². The summed E-state index contributed by atoms with van der Waals surface area (Å²) >= 11 is 0. The molecule has 28 heavy (non-hydrogen) atoms. The van der Waals surface area contributed by atoms with Crippen molar-refractivity contribution in [2.24, 2.45) is 5.73 Å². The van der Waals surface area contributed by atoms with Crippen LogP contribution in [-0.4, -0.2) is 40.2 Å². The Balaban J connectivity index is 1.60. The second-order valence-electron chi connectivity index (χ2n) is 7.19. The monoisotopic (exact) mass is 374 g/mol. The lowest BCUT2D eigenvalue weighted by Crippen LogP contribution is -2.37. The highest BCUT2D eigenvalue weighted by molar-refractivity contribution is 5.94. The zero-order valence-electron chi connectivity index (χ0n) is 16.1. The largest absolute Gasteiger partial charge is 0.336 e. The van der Waals surface area contributed by atoms with E-state index in [2.05, 4.69) is 12.1 Å². The number of para-hydroxylation sites is 1. The molecule has 2 N–H and O–H groups in total. The molecule has 0 fully saturated rings. The third-order valence-corrected chi connectivity index (χ3v) is 5.33. The fraction of sp³-hybridized carbons (Fsp3) is 0.304. The van der Waals surface area contributed by atoms with E-state index in [1.165, 1.54) is 11.3 Å². The summed E-state index contributed by atoms with van der Waals surface area (Å²) in [5.74, 6) is -0.00536. The van der Waals surface area contributed by atoms with E-state index >= 15 is 0 Å². The van der Waals surface area contributed by atoms with Crippen LogP contribution in [0.3, 0.4) is 0 Å². The third kappa shape index (κ3) is 3.71. The van der Waals surface area contributed by atoms with E-state index in [0.29, 0.717) is 25.3 Å². The minimum Gasteiger partial charge on any atom is -0.336 e. The summed E-state index contributed by atoms with van der Waals surface area (Å²) in [7, 11) is 0. The molecule has 5 heteroatoms. The number of nitrogens with zero attached hydrogens (tertiary/aromatic N) is 3. The number of aromatic nitrogens is 2. The van der Waals surface area contributed by atoms with Crippen molar-refractivity contribution < 1.29 is 4.79 Å².